The first-order valence-electron chi connectivity index (χ1n) is 8.96. The maximum absolute atomic E-state index is 14.4. The van der Waals surface area contributed by atoms with Crippen LogP contribution in [0.1, 0.15) is 29.8 Å². The molecule has 1 atom stereocenters. The largest absolute Gasteiger partial charge is 0.419 e. The van der Waals surface area contributed by atoms with Crippen molar-refractivity contribution in [3.05, 3.63) is 47.5 Å². The van der Waals surface area contributed by atoms with Crippen molar-refractivity contribution in [3.63, 3.8) is 0 Å². The zero-order valence-corrected chi connectivity index (χ0v) is 16.6. The van der Waals surface area contributed by atoms with Gasteiger partial charge in [0.2, 0.25) is 5.95 Å². The van der Waals surface area contributed by atoms with Gasteiger partial charge in [-0.2, -0.15) is 13.2 Å². The molecule has 0 radical (unpaired) electrons. The Labute approximate surface area is 166 Å². The smallest absolute Gasteiger partial charge is 0.377 e. The van der Waals surface area contributed by atoms with E-state index in [9.17, 15) is 22.4 Å². The van der Waals surface area contributed by atoms with Crippen LogP contribution in [0.5, 0.6) is 0 Å². The van der Waals surface area contributed by atoms with E-state index in [0.29, 0.717) is 24.6 Å². The van der Waals surface area contributed by atoms with Crippen LogP contribution in [0.15, 0.2) is 30.6 Å². The molecule has 0 fully saturated rings. The average Bonchev–Trinajstić information content (AvgIpc) is 2.66. The molecule has 1 N–H and O–H groups in total. The number of carbonyl (C=O) groups is 1. The Kier molecular flexibility index (Phi) is 6.99. The maximum atomic E-state index is 14.4. The minimum absolute atomic E-state index is 0.00762. The summed E-state index contributed by atoms with van der Waals surface area (Å²) >= 11 is 0. The van der Waals surface area contributed by atoms with E-state index >= 15 is 0 Å². The molecule has 0 aliphatic rings. The van der Waals surface area contributed by atoms with Crippen LogP contribution in [0.25, 0.3) is 0 Å². The first-order chi connectivity index (χ1) is 13.6. The molecular weight excluding hydrogens is 390 g/mol. The van der Waals surface area contributed by atoms with E-state index in [-0.39, 0.29) is 18.1 Å². The van der Waals surface area contributed by atoms with Gasteiger partial charge in [0.15, 0.2) is 0 Å². The Bertz CT molecular complexity index is 839. The number of rotatable bonds is 7. The lowest BCUT2D eigenvalue weighted by Gasteiger charge is -2.30. The Balaban J connectivity index is 2.13. The molecule has 1 aromatic carbocycles. The van der Waals surface area contributed by atoms with Crippen LogP contribution < -0.4 is 10.2 Å². The van der Waals surface area contributed by atoms with E-state index < -0.39 is 29.5 Å². The third-order valence-electron chi connectivity index (χ3n) is 4.36. The van der Waals surface area contributed by atoms with Gasteiger partial charge in [-0.3, -0.25) is 4.79 Å². The molecule has 29 heavy (non-hydrogen) atoms. The highest BCUT2D eigenvalue weighted by atomic mass is 19.4. The monoisotopic (exact) mass is 413 g/mol. The summed E-state index contributed by atoms with van der Waals surface area (Å²) in [4.78, 5) is 23.4. The summed E-state index contributed by atoms with van der Waals surface area (Å²) in [6, 6.07) is 4.02. The standard InChI is InChI=1S/C19H23F4N5O/c1-5-28(17(29)16-14(20)7-6-8-15(16)27(3)4)12(2)9-24-18-25-10-13(11-26-18)19(21,22)23/h6-8,10-12H,5,9H2,1-4H3,(H,24,25,26). The van der Waals surface area contributed by atoms with Crippen molar-refractivity contribution in [2.24, 2.45) is 0 Å². The summed E-state index contributed by atoms with van der Waals surface area (Å²) in [6.45, 7) is 4.00. The molecule has 10 heteroatoms. The number of nitrogens with zero attached hydrogens (tertiary/aromatic N) is 4. The first kappa shape index (κ1) is 22.4. The molecule has 2 aromatic rings. The van der Waals surface area contributed by atoms with Crippen LogP contribution in [0.3, 0.4) is 0 Å². The lowest BCUT2D eigenvalue weighted by Crippen LogP contribution is -2.43. The number of likely N-dealkylation sites (N-methyl/N-ethyl adjacent to an activating group) is 1. The molecule has 0 saturated carbocycles. The molecule has 0 aliphatic heterocycles. The summed E-state index contributed by atoms with van der Waals surface area (Å²) < 4.78 is 52.1. The molecule has 1 unspecified atom stereocenters. The SMILES string of the molecule is CCN(C(=O)c1c(F)cccc1N(C)C)C(C)CNc1ncc(C(F)(F)F)cn1. The van der Waals surface area contributed by atoms with E-state index in [4.69, 9.17) is 0 Å². The minimum atomic E-state index is -4.51. The van der Waals surface area contributed by atoms with Gasteiger partial charge >= 0.3 is 6.18 Å². The fourth-order valence-electron chi connectivity index (χ4n) is 2.81. The molecule has 0 bridgehead atoms. The summed E-state index contributed by atoms with van der Waals surface area (Å²) in [5.74, 6) is -1.09. The topological polar surface area (TPSA) is 61.4 Å². The molecule has 1 aromatic heterocycles. The van der Waals surface area contributed by atoms with Crippen molar-refractivity contribution in [2.75, 3.05) is 37.4 Å². The summed E-state index contributed by atoms with van der Waals surface area (Å²) in [5, 5.41) is 2.81. The van der Waals surface area contributed by atoms with Gasteiger partial charge in [0.25, 0.3) is 5.91 Å². The van der Waals surface area contributed by atoms with Gasteiger partial charge in [-0.15, -0.1) is 0 Å². The van der Waals surface area contributed by atoms with Crippen molar-refractivity contribution in [1.29, 1.82) is 0 Å². The molecular formula is C19H23F4N5O. The number of nitrogens with one attached hydrogen (secondary N) is 1. The average molecular weight is 413 g/mol. The molecule has 1 amide bonds. The van der Waals surface area contributed by atoms with E-state index in [0.717, 1.165) is 0 Å². The van der Waals surface area contributed by atoms with Crippen LogP contribution in [0.2, 0.25) is 0 Å². The third-order valence-corrected chi connectivity index (χ3v) is 4.36. The van der Waals surface area contributed by atoms with Crippen LogP contribution in [-0.4, -0.2) is 54.0 Å². The van der Waals surface area contributed by atoms with Crippen LogP contribution >= 0.6 is 0 Å². The number of benzene rings is 1. The zero-order chi connectivity index (χ0) is 21.8. The normalized spacial score (nSPS) is 12.4. The van der Waals surface area contributed by atoms with Gasteiger partial charge in [-0.25, -0.2) is 14.4 Å². The molecule has 0 spiro atoms. The van der Waals surface area contributed by atoms with Gasteiger partial charge in [-0.05, 0) is 26.0 Å². The fraction of sp³-hybridized carbons (Fsp3) is 0.421. The first-order valence-corrected chi connectivity index (χ1v) is 8.96. The van der Waals surface area contributed by atoms with Gasteiger partial charge in [0, 0.05) is 45.6 Å². The summed E-state index contributed by atoms with van der Waals surface area (Å²) in [6.07, 6.45) is -3.14. The van der Waals surface area contributed by atoms with Gasteiger partial charge in [0.1, 0.15) is 5.82 Å². The van der Waals surface area contributed by atoms with Crippen molar-refractivity contribution >= 4 is 17.5 Å². The Hall–Kier alpha value is -2.91. The number of amides is 1. The third kappa shape index (κ3) is 5.33. The Morgan fingerprint density at radius 1 is 1.21 bits per heavy atom. The predicted molar refractivity (Wildman–Crippen MR) is 102 cm³/mol. The second-order valence-corrected chi connectivity index (χ2v) is 6.64. The number of carbonyl (C=O) groups excluding carboxylic acids is 1. The highest BCUT2D eigenvalue weighted by Gasteiger charge is 2.31. The van der Waals surface area contributed by atoms with Crippen molar-refractivity contribution < 1.29 is 22.4 Å². The van der Waals surface area contributed by atoms with Crippen LogP contribution in [-0.2, 0) is 6.18 Å². The molecule has 6 nitrogen and oxygen atoms in total. The number of hydrogen-bond donors (Lipinski definition) is 1. The minimum Gasteiger partial charge on any atom is -0.377 e. The molecule has 2 rings (SSSR count). The maximum Gasteiger partial charge on any atom is 0.419 e. The predicted octanol–water partition coefficient (Wildman–Crippen LogP) is 3.66. The lowest BCUT2D eigenvalue weighted by molar-refractivity contribution is -0.138. The van der Waals surface area contributed by atoms with Crippen molar-refractivity contribution in [1.82, 2.24) is 14.9 Å². The Morgan fingerprint density at radius 3 is 2.34 bits per heavy atom. The van der Waals surface area contributed by atoms with Crippen molar-refractivity contribution in [3.8, 4) is 0 Å². The van der Waals surface area contributed by atoms with Gasteiger partial charge < -0.3 is 15.1 Å². The van der Waals surface area contributed by atoms with Gasteiger partial charge in [-0.1, -0.05) is 6.07 Å². The van der Waals surface area contributed by atoms with E-state index in [2.05, 4.69) is 15.3 Å². The van der Waals surface area contributed by atoms with Crippen LogP contribution in [0.4, 0.5) is 29.2 Å². The number of hydrogen-bond acceptors (Lipinski definition) is 5. The molecule has 1 heterocycles. The van der Waals surface area contributed by atoms with E-state index in [1.807, 2.05) is 0 Å². The molecule has 158 valence electrons. The second-order valence-electron chi connectivity index (χ2n) is 6.64. The van der Waals surface area contributed by atoms with Crippen molar-refractivity contribution in [2.45, 2.75) is 26.1 Å². The molecule has 0 saturated heterocycles. The summed E-state index contributed by atoms with van der Waals surface area (Å²) in [5.41, 5.74) is -0.520. The van der Waals surface area contributed by atoms with Crippen LogP contribution in [0, 0.1) is 5.82 Å². The second kappa shape index (κ2) is 9.06. The quantitative estimate of drug-likeness (QED) is 0.702. The number of anilines is 2. The number of alkyl halides is 3. The zero-order valence-electron chi connectivity index (χ0n) is 16.6. The number of halogens is 4. The Morgan fingerprint density at radius 2 is 1.83 bits per heavy atom. The highest BCUT2D eigenvalue weighted by Crippen LogP contribution is 2.28. The van der Waals surface area contributed by atoms with E-state index in [1.54, 1.807) is 38.9 Å². The lowest BCUT2D eigenvalue weighted by atomic mass is 10.1. The van der Waals surface area contributed by atoms with Gasteiger partial charge in [0.05, 0.1) is 16.8 Å². The fourth-order valence-corrected chi connectivity index (χ4v) is 2.81. The van der Waals surface area contributed by atoms with E-state index in [1.165, 1.54) is 17.0 Å². The molecule has 0 aliphatic carbocycles. The highest BCUT2D eigenvalue weighted by molar-refractivity contribution is 6.00. The number of aromatic nitrogens is 2. The summed E-state index contributed by atoms with van der Waals surface area (Å²) in [7, 11) is 3.43.